The number of hydrogen-bond donors (Lipinski definition) is 3. The van der Waals surface area contributed by atoms with Crippen LogP contribution in [0.2, 0.25) is 5.02 Å². The largest absolute Gasteiger partial charge is 0.493 e. The highest BCUT2D eigenvalue weighted by Gasteiger charge is 2.12. The highest BCUT2D eigenvalue weighted by atomic mass is 35.5. The van der Waals surface area contributed by atoms with Crippen molar-refractivity contribution in [1.29, 1.82) is 0 Å². The molecule has 1 aliphatic rings. The molecule has 6 nitrogen and oxygen atoms in total. The Morgan fingerprint density at radius 3 is 2.79 bits per heavy atom. The van der Waals surface area contributed by atoms with E-state index in [2.05, 4.69) is 33.1 Å². The summed E-state index contributed by atoms with van der Waals surface area (Å²) in [6, 6.07) is 13.4. The normalized spacial score (nSPS) is 12.8. The van der Waals surface area contributed by atoms with Crippen molar-refractivity contribution in [2.45, 2.75) is 19.8 Å². The molecule has 0 unspecified atom stereocenters. The van der Waals surface area contributed by atoms with Gasteiger partial charge in [-0.25, -0.2) is 0 Å². The van der Waals surface area contributed by atoms with Crippen molar-refractivity contribution in [3.63, 3.8) is 0 Å². The summed E-state index contributed by atoms with van der Waals surface area (Å²) in [5.41, 5.74) is 3.03. The van der Waals surface area contributed by atoms with E-state index in [0.29, 0.717) is 30.2 Å². The number of hydrogen-bond acceptors (Lipinski definition) is 3. The molecule has 0 spiro atoms. The summed E-state index contributed by atoms with van der Waals surface area (Å²) >= 11 is 6.05. The lowest BCUT2D eigenvalue weighted by atomic mass is 10.1. The highest BCUT2D eigenvalue weighted by molar-refractivity contribution is 6.33. The molecule has 1 aliphatic heterocycles. The Labute approximate surface area is 176 Å². The van der Waals surface area contributed by atoms with E-state index >= 15 is 0 Å². The van der Waals surface area contributed by atoms with Crippen LogP contribution in [-0.4, -0.2) is 44.7 Å². The fraction of sp³-hybridized carbons (Fsp3) is 0.364. The number of carbonyl (C=O) groups excluding carboxylic acids is 1. The van der Waals surface area contributed by atoms with Crippen LogP contribution < -0.4 is 20.7 Å². The van der Waals surface area contributed by atoms with Crippen molar-refractivity contribution in [3.05, 3.63) is 64.2 Å². The Kier molecular flexibility index (Phi) is 7.76. The average Bonchev–Trinajstić information content (AvgIpc) is 3.19. The van der Waals surface area contributed by atoms with Crippen LogP contribution >= 0.6 is 11.6 Å². The molecule has 3 N–H and O–H groups in total. The van der Waals surface area contributed by atoms with E-state index in [-0.39, 0.29) is 5.91 Å². The van der Waals surface area contributed by atoms with E-state index in [0.717, 1.165) is 37.7 Å². The SMILES string of the molecule is CCNC(=NCCc1ccc2c(c1)CCO2)NCCNC(=O)c1ccccc1Cl. The Bertz CT molecular complexity index is 870. The molecule has 154 valence electrons. The van der Waals surface area contributed by atoms with Gasteiger partial charge in [-0.1, -0.05) is 35.9 Å². The van der Waals surface area contributed by atoms with Gasteiger partial charge in [-0.05, 0) is 42.7 Å². The number of ether oxygens (including phenoxy) is 1. The lowest BCUT2D eigenvalue weighted by Crippen LogP contribution is -2.41. The molecule has 2 aromatic rings. The molecule has 0 atom stereocenters. The summed E-state index contributed by atoms with van der Waals surface area (Å²) in [5.74, 6) is 1.56. The van der Waals surface area contributed by atoms with E-state index in [9.17, 15) is 4.79 Å². The molecule has 2 aromatic carbocycles. The third-order valence-corrected chi connectivity index (χ3v) is 4.92. The molecular weight excluding hydrogens is 388 g/mol. The topological polar surface area (TPSA) is 74.8 Å². The molecule has 1 heterocycles. The van der Waals surface area contributed by atoms with Gasteiger partial charge in [0.15, 0.2) is 5.96 Å². The molecular formula is C22H27ClN4O2. The number of guanidine groups is 1. The predicted molar refractivity (Wildman–Crippen MR) is 117 cm³/mol. The molecule has 29 heavy (non-hydrogen) atoms. The van der Waals surface area contributed by atoms with Gasteiger partial charge >= 0.3 is 0 Å². The smallest absolute Gasteiger partial charge is 0.252 e. The molecule has 0 bridgehead atoms. The molecule has 0 aromatic heterocycles. The van der Waals surface area contributed by atoms with Gasteiger partial charge in [-0.15, -0.1) is 0 Å². The first-order chi connectivity index (χ1) is 14.2. The van der Waals surface area contributed by atoms with Gasteiger partial charge in [-0.2, -0.15) is 0 Å². The van der Waals surface area contributed by atoms with Crippen molar-refractivity contribution in [2.24, 2.45) is 4.99 Å². The molecule has 1 amide bonds. The van der Waals surface area contributed by atoms with Crippen LogP contribution in [0.4, 0.5) is 0 Å². The van der Waals surface area contributed by atoms with Crippen LogP contribution in [0.15, 0.2) is 47.5 Å². The van der Waals surface area contributed by atoms with Crippen molar-refractivity contribution in [1.82, 2.24) is 16.0 Å². The Hall–Kier alpha value is -2.73. The van der Waals surface area contributed by atoms with Crippen molar-refractivity contribution in [3.8, 4) is 5.75 Å². The summed E-state index contributed by atoms with van der Waals surface area (Å²) in [6.07, 6.45) is 1.85. The van der Waals surface area contributed by atoms with Crippen LogP contribution in [0.5, 0.6) is 5.75 Å². The van der Waals surface area contributed by atoms with E-state index in [4.69, 9.17) is 16.3 Å². The first-order valence-corrected chi connectivity index (χ1v) is 10.3. The first kappa shape index (κ1) is 21.0. The number of aliphatic imine (C=N–C) groups is 1. The molecule has 0 aliphatic carbocycles. The lowest BCUT2D eigenvalue weighted by Gasteiger charge is -2.12. The number of fused-ring (bicyclic) bond motifs is 1. The highest BCUT2D eigenvalue weighted by Crippen LogP contribution is 2.25. The zero-order valence-corrected chi connectivity index (χ0v) is 17.4. The summed E-state index contributed by atoms with van der Waals surface area (Å²) in [7, 11) is 0. The van der Waals surface area contributed by atoms with E-state index < -0.39 is 0 Å². The maximum atomic E-state index is 12.2. The second-order valence-electron chi connectivity index (χ2n) is 6.71. The molecule has 7 heteroatoms. The van der Waals surface area contributed by atoms with E-state index in [1.807, 2.05) is 13.0 Å². The van der Waals surface area contributed by atoms with Crippen molar-refractivity contribution < 1.29 is 9.53 Å². The summed E-state index contributed by atoms with van der Waals surface area (Å²) in [5, 5.41) is 9.78. The van der Waals surface area contributed by atoms with Gasteiger partial charge < -0.3 is 20.7 Å². The number of benzene rings is 2. The Morgan fingerprint density at radius 2 is 1.97 bits per heavy atom. The molecule has 0 radical (unpaired) electrons. The lowest BCUT2D eigenvalue weighted by molar-refractivity contribution is 0.0954. The zero-order chi connectivity index (χ0) is 20.5. The van der Waals surface area contributed by atoms with Gasteiger partial charge in [0.05, 0.1) is 17.2 Å². The second kappa shape index (κ2) is 10.7. The predicted octanol–water partition coefficient (Wildman–Crippen LogP) is 2.80. The van der Waals surface area contributed by atoms with Crippen molar-refractivity contribution >= 4 is 23.5 Å². The van der Waals surface area contributed by atoms with Crippen molar-refractivity contribution in [2.75, 3.05) is 32.8 Å². The van der Waals surface area contributed by atoms with Crippen LogP contribution in [0.3, 0.4) is 0 Å². The maximum absolute atomic E-state index is 12.2. The average molecular weight is 415 g/mol. The van der Waals surface area contributed by atoms with Crippen LogP contribution in [-0.2, 0) is 12.8 Å². The molecule has 0 saturated heterocycles. The van der Waals surface area contributed by atoms with Gasteiger partial charge in [0, 0.05) is 32.6 Å². The maximum Gasteiger partial charge on any atom is 0.252 e. The third-order valence-electron chi connectivity index (χ3n) is 4.59. The van der Waals surface area contributed by atoms with E-state index in [1.54, 1.807) is 24.3 Å². The minimum Gasteiger partial charge on any atom is -0.493 e. The Balaban J connectivity index is 1.43. The van der Waals surface area contributed by atoms with Gasteiger partial charge in [-0.3, -0.25) is 9.79 Å². The first-order valence-electron chi connectivity index (χ1n) is 9.97. The zero-order valence-electron chi connectivity index (χ0n) is 16.6. The monoisotopic (exact) mass is 414 g/mol. The Morgan fingerprint density at radius 1 is 1.14 bits per heavy atom. The molecule has 3 rings (SSSR count). The summed E-state index contributed by atoms with van der Waals surface area (Å²) in [6.45, 7) is 5.29. The number of rotatable bonds is 8. The summed E-state index contributed by atoms with van der Waals surface area (Å²) < 4.78 is 5.55. The number of carbonyl (C=O) groups is 1. The van der Waals surface area contributed by atoms with Gasteiger partial charge in [0.25, 0.3) is 5.91 Å². The fourth-order valence-electron chi connectivity index (χ4n) is 3.13. The number of nitrogens with one attached hydrogen (secondary N) is 3. The van der Waals surface area contributed by atoms with Gasteiger partial charge in [0.1, 0.15) is 5.75 Å². The second-order valence-corrected chi connectivity index (χ2v) is 7.12. The number of amides is 1. The van der Waals surface area contributed by atoms with Crippen LogP contribution in [0.1, 0.15) is 28.4 Å². The third kappa shape index (κ3) is 6.12. The fourth-order valence-corrected chi connectivity index (χ4v) is 3.35. The number of nitrogens with zero attached hydrogens (tertiary/aromatic N) is 1. The standard InChI is InChI=1S/C22H27ClN4O2/c1-2-24-22(26-11-9-16-7-8-20-17(15-16)10-14-29-20)27-13-12-25-21(28)18-5-3-4-6-19(18)23/h3-8,15H,2,9-14H2,1H3,(H,25,28)(H2,24,26,27). The minimum atomic E-state index is -0.181. The summed E-state index contributed by atoms with van der Waals surface area (Å²) in [4.78, 5) is 16.8. The molecule has 0 fully saturated rings. The number of halogens is 1. The quantitative estimate of drug-likeness (QED) is 0.353. The van der Waals surface area contributed by atoms with Gasteiger partial charge in [0.2, 0.25) is 0 Å². The van der Waals surface area contributed by atoms with Crippen LogP contribution in [0.25, 0.3) is 0 Å². The minimum absolute atomic E-state index is 0.181. The van der Waals surface area contributed by atoms with E-state index in [1.165, 1.54) is 11.1 Å². The van der Waals surface area contributed by atoms with Crippen LogP contribution in [0, 0.1) is 0 Å². The molecule has 0 saturated carbocycles.